The Morgan fingerprint density at radius 1 is 0.246 bits per heavy atom. The number of aromatic nitrogens is 5. The highest BCUT2D eigenvalue weighted by atomic mass is 28.3. The monoisotopic (exact) mass is 1970 g/mol. The first-order valence-corrected chi connectivity index (χ1v) is 72.2. The zero-order valence-electron chi connectivity index (χ0n) is 92.9. The Morgan fingerprint density at radius 2 is 0.514 bits per heavy atom. The number of aryl methyl sites for hydroxylation is 14. The van der Waals surface area contributed by atoms with Crippen molar-refractivity contribution < 1.29 is 22.8 Å². The van der Waals surface area contributed by atoms with E-state index >= 15 is 0 Å². The molecule has 0 radical (unpaired) electrons. The summed E-state index contributed by atoms with van der Waals surface area (Å²) in [6, 6.07) is 92.8. The van der Waals surface area contributed by atoms with Gasteiger partial charge in [0.1, 0.15) is 35.2 Å². The lowest BCUT2D eigenvalue weighted by Crippen LogP contribution is -2.31. The Bertz CT molecular complexity index is 7110. The Kier molecular flexibility index (Phi) is 32.5. The first kappa shape index (κ1) is 105. The average molecular weight is 1970 g/mol. The summed E-state index contributed by atoms with van der Waals surface area (Å²) in [5.74, 6) is 4.32. The number of rotatable bonds is 14. The fraction of sp³-hybridized carbons (Fsp3) is 0.432. The van der Waals surface area contributed by atoms with Crippen molar-refractivity contribution in [1.82, 2.24) is 0 Å². The predicted molar refractivity (Wildman–Crippen MR) is 628 cm³/mol. The molecule has 20 rings (SSSR count). The van der Waals surface area contributed by atoms with Crippen LogP contribution in [0.15, 0.2) is 231 Å². The normalized spacial score (nSPS) is 17.2. The van der Waals surface area contributed by atoms with Crippen LogP contribution in [0.2, 0.25) is 126 Å². The van der Waals surface area contributed by atoms with Gasteiger partial charge in [-0.1, -0.05) is 281 Å². The number of benzene rings is 10. The van der Waals surface area contributed by atoms with Gasteiger partial charge in [-0.3, -0.25) is 0 Å². The molecular formula is C132H174N5Si5+5. The van der Waals surface area contributed by atoms with Gasteiger partial charge in [-0.15, -0.1) is 0 Å². The van der Waals surface area contributed by atoms with Crippen molar-refractivity contribution >= 4 is 94.2 Å². The Hall–Kier alpha value is -9.67. The van der Waals surface area contributed by atoms with Crippen LogP contribution in [0, 0.1) is 55.4 Å². The summed E-state index contributed by atoms with van der Waals surface area (Å²) in [6.07, 6.45) is 28.3. The highest BCUT2D eigenvalue weighted by Gasteiger charge is 2.37. The Balaban J connectivity index is 0.000000128. The van der Waals surface area contributed by atoms with Gasteiger partial charge in [0.15, 0.2) is 31.0 Å². The molecule has 5 aliphatic rings. The van der Waals surface area contributed by atoms with Gasteiger partial charge in [0.05, 0.1) is 38.1 Å². The first-order valence-electron chi connectivity index (χ1n) is 55.2. The number of nitrogens with zero attached hydrogens (tertiary/aromatic N) is 5. The van der Waals surface area contributed by atoms with Crippen molar-refractivity contribution in [3.63, 3.8) is 0 Å². The van der Waals surface area contributed by atoms with Crippen molar-refractivity contribution in [2.24, 2.45) is 35.2 Å². The third-order valence-electron chi connectivity index (χ3n) is 35.3. The van der Waals surface area contributed by atoms with Crippen molar-refractivity contribution in [2.75, 3.05) is 0 Å². The molecule has 5 fully saturated rings. The van der Waals surface area contributed by atoms with Crippen molar-refractivity contribution in [1.29, 1.82) is 0 Å². The largest absolute Gasteiger partial charge is 0.220 e. The van der Waals surface area contributed by atoms with Gasteiger partial charge in [0.25, 0.3) is 0 Å². The predicted octanol–water partition coefficient (Wildman–Crippen LogP) is 34.9. The topological polar surface area (TPSA) is 19.4 Å². The van der Waals surface area contributed by atoms with E-state index in [0.717, 1.165) is 48.9 Å². The summed E-state index contributed by atoms with van der Waals surface area (Å²) in [6.45, 7) is 54.8. The van der Waals surface area contributed by atoms with Gasteiger partial charge in [0, 0.05) is 87.4 Å². The van der Waals surface area contributed by atoms with Crippen LogP contribution in [-0.4, -0.2) is 40.4 Å². The zero-order chi connectivity index (χ0) is 101. The average Bonchev–Trinajstić information content (AvgIpc) is 0.770. The SMILES string of the molecule is CCc1cc(CC)c(C)c(-c2c3ccc(C4CC[Si](C)(C)CC4)cc3cc[n+]2C)c1.CCc1ccc(C)c(-c2c3ccc(C4CC[Si](C)(C)CC4)cc3cc[n+]2C)c1.Cc1cc(C)c(C)c(-c2c3ccc(C4CC[Si](C)(C)CC4)cc3cc[n+]2C)c1.Cc1ccc(C(C)C)cc1-c1c2ccc(C3CC[Si](C)(C)CC3)cc2cc[n+]1C.Cc1ccc(C)c(-c2c3ccc(C4CC[Si](C)(C)CC4)cc3cc[n+]2C)c1. The van der Waals surface area contributed by atoms with Gasteiger partial charge >= 0.3 is 0 Å². The van der Waals surface area contributed by atoms with E-state index in [4.69, 9.17) is 0 Å². The standard InChI is InChI=1S/C28H38NSi.C27H36NSi.2C26H34NSi.C25H32NSi/c1-7-21-17-22(8-2)20(3)27(18-21)28-26-10-9-24(19-25(26)11-14-29(28)4)23-12-15-30(5,6)16-13-23;1-19(2)22-8-7-20(3)26(18-22)27-25-10-9-23(17-24(25)11-14-28(27)4)21-12-15-29(5,6)16-13-21;1-18-15-19(2)20(3)25(16-18)26-24-8-7-22(17-23(24)9-12-27(26)4)21-10-13-28(5,6)14-11-21;1-6-20-8-7-19(2)25(17-20)26-24-10-9-22(18-23(24)11-14-27(26)3)21-12-15-28(4,5)16-13-21;1-18-6-7-19(2)24(16-18)25-23-9-8-21(17-22(23)10-13-26(25)3)20-11-14-27(4,5)15-12-20/h9-11,14,17-19,23H,7-8,12-13,15-16H2,1-6H3;7-11,14,17-19,21H,12-13,15-16H2,1-6H3;7-9,12,15-17,21H,10-11,13-14H2,1-6H3;7-11,14,17-18,21H,6,12-13,15-16H2,1-5H3;6-10,13,16-17,20H,11-12,14-15H2,1-5H3/q5*+1. The summed E-state index contributed by atoms with van der Waals surface area (Å²) in [5.41, 5.74) is 37.9. The fourth-order valence-corrected chi connectivity index (χ4v) is 37.4. The lowest BCUT2D eigenvalue weighted by Gasteiger charge is -2.33. The van der Waals surface area contributed by atoms with E-state index < -0.39 is 40.4 Å². The molecule has 0 amide bonds. The molecule has 142 heavy (non-hydrogen) atoms. The molecule has 742 valence electrons. The van der Waals surface area contributed by atoms with E-state index in [9.17, 15) is 0 Å². The molecule has 10 heteroatoms. The lowest BCUT2D eigenvalue weighted by molar-refractivity contribution is -0.659. The molecule has 5 aliphatic heterocycles. The maximum Gasteiger partial charge on any atom is 0.220 e. The second kappa shape index (κ2) is 43.9. The Morgan fingerprint density at radius 3 is 0.817 bits per heavy atom. The maximum absolute atomic E-state index is 2.56. The van der Waals surface area contributed by atoms with E-state index in [0.29, 0.717) is 5.92 Å². The van der Waals surface area contributed by atoms with E-state index in [1.165, 1.54) is 302 Å². The van der Waals surface area contributed by atoms with E-state index in [1.54, 1.807) is 27.8 Å². The highest BCUT2D eigenvalue weighted by Crippen LogP contribution is 2.48. The number of hydrogen-bond donors (Lipinski definition) is 0. The second-order valence-corrected chi connectivity index (χ2v) is 75.9. The van der Waals surface area contributed by atoms with Gasteiger partial charge < -0.3 is 0 Å². The molecule has 15 aromatic rings. The Labute approximate surface area is 862 Å². The molecule has 0 aliphatic carbocycles. The molecule has 10 heterocycles. The van der Waals surface area contributed by atoms with E-state index in [-0.39, 0.29) is 0 Å². The third-order valence-corrected chi connectivity index (χ3v) is 51.8. The molecule has 5 aromatic heterocycles. The minimum Gasteiger partial charge on any atom is -0.200 e. The van der Waals surface area contributed by atoms with Crippen LogP contribution in [0.25, 0.3) is 110 Å². The van der Waals surface area contributed by atoms with E-state index in [2.05, 4.69) is 445 Å². The van der Waals surface area contributed by atoms with Gasteiger partial charge in [-0.2, -0.15) is 0 Å². The van der Waals surface area contributed by atoms with Crippen LogP contribution >= 0.6 is 0 Å². The maximum atomic E-state index is 2.56. The first-order chi connectivity index (χ1) is 67.5. The molecule has 5 saturated heterocycles. The molecule has 0 N–H and O–H groups in total. The minimum atomic E-state index is -0.907. The van der Waals surface area contributed by atoms with Gasteiger partial charge in [0.2, 0.25) is 28.5 Å². The minimum absolute atomic E-state index is 0.542. The van der Waals surface area contributed by atoms with Crippen LogP contribution in [-0.2, 0) is 54.5 Å². The highest BCUT2D eigenvalue weighted by molar-refractivity contribution is 6.79. The van der Waals surface area contributed by atoms with Crippen LogP contribution in [0.4, 0.5) is 0 Å². The van der Waals surface area contributed by atoms with Crippen molar-refractivity contribution in [3.8, 4) is 56.3 Å². The summed E-state index contributed by atoms with van der Waals surface area (Å²) in [4.78, 5) is 0. The molecule has 5 nitrogen and oxygen atoms in total. The van der Waals surface area contributed by atoms with Crippen LogP contribution in [0.3, 0.4) is 0 Å². The van der Waals surface area contributed by atoms with Crippen LogP contribution in [0.5, 0.6) is 0 Å². The molecule has 0 saturated carbocycles. The molecule has 10 aromatic carbocycles. The van der Waals surface area contributed by atoms with Gasteiger partial charge in [-0.25, -0.2) is 22.8 Å². The number of hydrogen-bond acceptors (Lipinski definition) is 0. The van der Waals surface area contributed by atoms with Crippen LogP contribution in [0.1, 0.15) is 229 Å². The van der Waals surface area contributed by atoms with Gasteiger partial charge in [-0.05, 0) is 345 Å². The lowest BCUT2D eigenvalue weighted by atomic mass is 9.89. The third kappa shape index (κ3) is 24.0. The molecule has 0 bridgehead atoms. The summed E-state index contributed by atoms with van der Waals surface area (Å²) in [5, 5.41) is 13.8. The summed E-state index contributed by atoms with van der Waals surface area (Å²) in [7, 11) is 6.38. The molecule has 0 spiro atoms. The summed E-state index contributed by atoms with van der Waals surface area (Å²) < 4.78 is 11.5. The fourth-order valence-electron chi connectivity index (χ4n) is 24.9. The van der Waals surface area contributed by atoms with Crippen LogP contribution < -0.4 is 22.8 Å². The number of fused-ring (bicyclic) bond motifs is 5. The number of pyridine rings is 5. The smallest absolute Gasteiger partial charge is 0.200 e. The molecular weight excluding hydrogens is 1800 g/mol. The molecule has 0 atom stereocenters. The summed E-state index contributed by atoms with van der Waals surface area (Å²) >= 11 is 0. The van der Waals surface area contributed by atoms with E-state index in [1.807, 2.05) is 0 Å². The quantitative estimate of drug-likeness (QED) is 0.0764. The van der Waals surface area contributed by atoms with Crippen molar-refractivity contribution in [2.45, 2.75) is 335 Å². The zero-order valence-corrected chi connectivity index (χ0v) is 97.9. The van der Waals surface area contributed by atoms with Crippen molar-refractivity contribution in [3.05, 3.63) is 326 Å². The second-order valence-electron chi connectivity index (χ2n) is 49.2. The molecule has 0 unspecified atom stereocenters.